The van der Waals surface area contributed by atoms with Crippen LogP contribution in [0.5, 0.6) is 11.5 Å². The standard InChI is InChI=1S/C13H17NO6S/c1-3-19-10-6-8-5-9(13(15)16)14-21(17,18)12(8)7-11(10)20-4-2/h6-7,9,14H,3-5H2,1-2H3,(H,15,16). The lowest BCUT2D eigenvalue weighted by molar-refractivity contribution is -0.139. The number of benzene rings is 1. The minimum atomic E-state index is -3.88. The average Bonchev–Trinajstić information content (AvgIpc) is 2.39. The van der Waals surface area contributed by atoms with Crippen molar-refractivity contribution in [1.29, 1.82) is 0 Å². The van der Waals surface area contributed by atoms with Crippen molar-refractivity contribution < 1.29 is 27.8 Å². The van der Waals surface area contributed by atoms with Gasteiger partial charge in [0.25, 0.3) is 0 Å². The molecule has 0 aromatic heterocycles. The summed E-state index contributed by atoms with van der Waals surface area (Å²) < 4.78 is 37.3. The molecule has 0 spiro atoms. The Balaban J connectivity index is 2.54. The lowest BCUT2D eigenvalue weighted by atomic mass is 10.1. The van der Waals surface area contributed by atoms with E-state index in [1.54, 1.807) is 13.8 Å². The van der Waals surface area contributed by atoms with Crippen LogP contribution in [-0.4, -0.2) is 38.7 Å². The van der Waals surface area contributed by atoms with Crippen molar-refractivity contribution in [3.8, 4) is 11.5 Å². The number of ether oxygens (including phenoxy) is 2. The summed E-state index contributed by atoms with van der Waals surface area (Å²) in [5, 5.41) is 9.02. The van der Waals surface area contributed by atoms with Gasteiger partial charge in [-0.25, -0.2) is 8.42 Å². The Hall–Kier alpha value is -1.80. The molecule has 7 nitrogen and oxygen atoms in total. The van der Waals surface area contributed by atoms with Gasteiger partial charge >= 0.3 is 5.97 Å². The van der Waals surface area contributed by atoms with Crippen LogP contribution >= 0.6 is 0 Å². The number of rotatable bonds is 5. The Bertz CT molecular complexity index is 655. The number of carboxylic acid groups (broad SMARTS) is 1. The number of hydrogen-bond acceptors (Lipinski definition) is 5. The maximum Gasteiger partial charge on any atom is 0.322 e. The van der Waals surface area contributed by atoms with Crippen molar-refractivity contribution in [2.24, 2.45) is 0 Å². The van der Waals surface area contributed by atoms with Gasteiger partial charge in [-0.2, -0.15) is 4.72 Å². The van der Waals surface area contributed by atoms with Crippen molar-refractivity contribution >= 4 is 16.0 Å². The van der Waals surface area contributed by atoms with Gasteiger partial charge in [0.05, 0.1) is 18.1 Å². The third-order valence-corrected chi connectivity index (χ3v) is 4.59. The van der Waals surface area contributed by atoms with Crippen LogP contribution in [-0.2, 0) is 21.2 Å². The number of hydrogen-bond donors (Lipinski definition) is 2. The van der Waals surface area contributed by atoms with E-state index in [4.69, 9.17) is 14.6 Å². The molecule has 8 heteroatoms. The molecule has 116 valence electrons. The first-order chi connectivity index (χ1) is 9.89. The monoisotopic (exact) mass is 315 g/mol. The van der Waals surface area contributed by atoms with Crippen LogP contribution in [0.15, 0.2) is 17.0 Å². The molecule has 2 rings (SSSR count). The van der Waals surface area contributed by atoms with Gasteiger partial charge in [-0.1, -0.05) is 0 Å². The molecule has 0 saturated carbocycles. The quantitative estimate of drug-likeness (QED) is 0.832. The summed E-state index contributed by atoms with van der Waals surface area (Å²) in [6.45, 7) is 4.34. The van der Waals surface area contributed by atoms with E-state index in [-0.39, 0.29) is 11.3 Å². The summed E-state index contributed by atoms with van der Waals surface area (Å²) >= 11 is 0. The number of sulfonamides is 1. The molecule has 1 aromatic rings. The first-order valence-electron chi connectivity index (χ1n) is 6.56. The fourth-order valence-electron chi connectivity index (χ4n) is 2.18. The zero-order chi connectivity index (χ0) is 15.6. The summed E-state index contributed by atoms with van der Waals surface area (Å²) in [6.07, 6.45) is 0.0658. The van der Waals surface area contributed by atoms with Crippen LogP contribution in [0.3, 0.4) is 0 Å². The zero-order valence-electron chi connectivity index (χ0n) is 11.8. The van der Waals surface area contributed by atoms with Gasteiger partial charge in [-0.3, -0.25) is 4.79 Å². The molecule has 2 N–H and O–H groups in total. The summed E-state index contributed by atoms with van der Waals surface area (Å²) in [7, 11) is -3.88. The Morgan fingerprint density at radius 2 is 1.86 bits per heavy atom. The number of carbonyl (C=O) groups is 1. The van der Waals surface area contributed by atoms with Crippen molar-refractivity contribution in [1.82, 2.24) is 4.72 Å². The van der Waals surface area contributed by atoms with Gasteiger partial charge < -0.3 is 14.6 Å². The highest BCUT2D eigenvalue weighted by molar-refractivity contribution is 7.89. The molecule has 0 amide bonds. The van der Waals surface area contributed by atoms with E-state index in [1.807, 2.05) is 0 Å². The van der Waals surface area contributed by atoms with E-state index in [9.17, 15) is 13.2 Å². The highest BCUT2D eigenvalue weighted by Crippen LogP contribution is 2.35. The minimum Gasteiger partial charge on any atom is -0.490 e. The Morgan fingerprint density at radius 1 is 1.29 bits per heavy atom. The second-order valence-corrected chi connectivity index (χ2v) is 6.17. The van der Waals surface area contributed by atoms with Gasteiger partial charge in [-0.05, 0) is 25.5 Å². The lowest BCUT2D eigenvalue weighted by Crippen LogP contribution is -2.45. The van der Waals surface area contributed by atoms with Gasteiger partial charge in [0.2, 0.25) is 10.0 Å². The van der Waals surface area contributed by atoms with Crippen molar-refractivity contribution in [2.45, 2.75) is 31.2 Å². The molecule has 1 aliphatic rings. The molecule has 0 saturated heterocycles. The first kappa shape index (κ1) is 15.6. The van der Waals surface area contributed by atoms with Crippen LogP contribution in [0.4, 0.5) is 0 Å². The SMILES string of the molecule is CCOc1cc2c(cc1OCC)S(=O)(=O)NC(C(=O)O)C2. The van der Waals surface area contributed by atoms with E-state index in [1.165, 1.54) is 12.1 Å². The lowest BCUT2D eigenvalue weighted by Gasteiger charge is -2.24. The predicted octanol–water partition coefficient (Wildman–Crippen LogP) is 0.772. The van der Waals surface area contributed by atoms with Crippen LogP contribution in [0.1, 0.15) is 19.4 Å². The fourth-order valence-corrected chi connectivity index (χ4v) is 3.62. The highest BCUT2D eigenvalue weighted by atomic mass is 32.2. The maximum atomic E-state index is 12.1. The van der Waals surface area contributed by atoms with E-state index in [2.05, 4.69) is 4.72 Å². The number of aliphatic carboxylic acids is 1. The second-order valence-electron chi connectivity index (χ2n) is 4.49. The summed E-state index contributed by atoms with van der Waals surface area (Å²) in [4.78, 5) is 11.1. The van der Waals surface area contributed by atoms with E-state index < -0.39 is 22.0 Å². The summed E-state index contributed by atoms with van der Waals surface area (Å²) in [5.74, 6) is -0.465. The van der Waals surface area contributed by atoms with Crippen LogP contribution < -0.4 is 14.2 Å². The molecule has 21 heavy (non-hydrogen) atoms. The number of carboxylic acids is 1. The largest absolute Gasteiger partial charge is 0.490 e. The predicted molar refractivity (Wildman–Crippen MR) is 74.2 cm³/mol. The molecule has 0 fully saturated rings. The molecule has 0 aliphatic carbocycles. The van der Waals surface area contributed by atoms with Crippen molar-refractivity contribution in [2.75, 3.05) is 13.2 Å². The molecular weight excluding hydrogens is 298 g/mol. The topological polar surface area (TPSA) is 102 Å². The van der Waals surface area contributed by atoms with Crippen LogP contribution in [0.2, 0.25) is 0 Å². The van der Waals surface area contributed by atoms with Gasteiger partial charge in [-0.15, -0.1) is 0 Å². The fraction of sp³-hybridized carbons (Fsp3) is 0.462. The highest BCUT2D eigenvalue weighted by Gasteiger charge is 2.34. The maximum absolute atomic E-state index is 12.1. The Labute approximate surface area is 122 Å². The third-order valence-electron chi connectivity index (χ3n) is 3.04. The Kier molecular flexibility index (Phi) is 4.38. The van der Waals surface area contributed by atoms with Crippen molar-refractivity contribution in [3.63, 3.8) is 0 Å². The van der Waals surface area contributed by atoms with Crippen LogP contribution in [0.25, 0.3) is 0 Å². The molecule has 1 heterocycles. The summed E-state index contributed by atoms with van der Waals surface area (Å²) in [5.41, 5.74) is 0.410. The second kappa shape index (κ2) is 5.90. The normalized spacial score (nSPS) is 19.6. The molecule has 1 aromatic carbocycles. The molecular formula is C13H17NO6S. The molecule has 1 atom stereocenters. The smallest absolute Gasteiger partial charge is 0.322 e. The van der Waals surface area contributed by atoms with Gasteiger partial charge in [0, 0.05) is 12.5 Å². The van der Waals surface area contributed by atoms with Gasteiger partial charge in [0.15, 0.2) is 11.5 Å². The van der Waals surface area contributed by atoms with E-state index in [0.717, 1.165) is 0 Å². The first-order valence-corrected chi connectivity index (χ1v) is 8.05. The Morgan fingerprint density at radius 3 is 2.38 bits per heavy atom. The molecule has 0 bridgehead atoms. The minimum absolute atomic E-state index is 0.0342. The summed E-state index contributed by atoms with van der Waals surface area (Å²) in [6, 6.07) is 1.75. The van der Waals surface area contributed by atoms with Gasteiger partial charge in [0.1, 0.15) is 6.04 Å². The zero-order valence-corrected chi connectivity index (χ0v) is 12.6. The number of fused-ring (bicyclic) bond motifs is 1. The van der Waals surface area contributed by atoms with E-state index >= 15 is 0 Å². The molecule has 1 aliphatic heterocycles. The number of nitrogens with one attached hydrogen (secondary N) is 1. The average molecular weight is 315 g/mol. The third kappa shape index (κ3) is 3.11. The van der Waals surface area contributed by atoms with Crippen molar-refractivity contribution in [3.05, 3.63) is 17.7 Å². The molecule has 1 unspecified atom stereocenters. The van der Waals surface area contributed by atoms with Crippen LogP contribution in [0, 0.1) is 0 Å². The molecule has 0 radical (unpaired) electrons. The van der Waals surface area contributed by atoms with E-state index in [0.29, 0.717) is 30.3 Å².